The number of carbonyl (C=O) groups is 1. The van der Waals surface area contributed by atoms with Crippen LogP contribution in [0.5, 0.6) is 46.0 Å². The second-order valence-electron chi connectivity index (χ2n) is 27.6. The molecule has 8 heterocycles. The van der Waals surface area contributed by atoms with Crippen molar-refractivity contribution in [2.24, 2.45) is 0 Å². The Kier molecular flexibility index (Phi) is 31.3. The van der Waals surface area contributed by atoms with Gasteiger partial charge in [-0.15, -0.1) is 0 Å². The van der Waals surface area contributed by atoms with E-state index in [1.165, 1.54) is 17.8 Å². The van der Waals surface area contributed by atoms with Crippen LogP contribution >= 0.6 is 0 Å². The maximum atomic E-state index is 11.0. The van der Waals surface area contributed by atoms with Gasteiger partial charge in [-0.3, -0.25) is 4.90 Å². The van der Waals surface area contributed by atoms with Gasteiger partial charge in [-0.2, -0.15) is 19.9 Å². The molecule has 0 saturated carbocycles. The first-order valence-corrected chi connectivity index (χ1v) is 40.5. The van der Waals surface area contributed by atoms with Gasteiger partial charge in [0.25, 0.3) is 23.6 Å². The Bertz CT molecular complexity index is 5870. The monoisotopic (exact) mass is 1660 g/mol. The number of aromatic amines is 3. The van der Waals surface area contributed by atoms with Crippen LogP contribution in [0, 0.1) is 0 Å². The predicted molar refractivity (Wildman–Crippen MR) is 463 cm³/mol. The maximum Gasteiger partial charge on any atom is 0.354 e. The molecule has 32 heteroatoms. The summed E-state index contributed by atoms with van der Waals surface area (Å²) in [5, 5.41) is 53.7. The van der Waals surface area contributed by atoms with Crippen LogP contribution in [0.4, 0.5) is 0 Å². The van der Waals surface area contributed by atoms with Crippen molar-refractivity contribution >= 4 is 38.7 Å². The zero-order valence-corrected chi connectivity index (χ0v) is 70.2. The number of ether oxygens (including phenoxy) is 8. The van der Waals surface area contributed by atoms with Crippen molar-refractivity contribution in [2.75, 3.05) is 113 Å². The highest BCUT2D eigenvalue weighted by atomic mass is 16.5. The molecule has 8 aromatic heterocycles. The second kappa shape index (κ2) is 43.5. The zero-order valence-electron chi connectivity index (χ0n) is 70.2. The summed E-state index contributed by atoms with van der Waals surface area (Å²) in [6, 6.07) is 43.4. The first kappa shape index (κ1) is 87.8. The lowest BCUT2D eigenvalue weighted by molar-refractivity contribution is 0.0690. The van der Waals surface area contributed by atoms with E-state index in [0.29, 0.717) is 165 Å². The molecule has 8 N–H and O–H groups in total. The van der Waals surface area contributed by atoms with Crippen molar-refractivity contribution in [1.29, 1.82) is 0 Å². The molecule has 0 amide bonds. The van der Waals surface area contributed by atoms with Gasteiger partial charge in [-0.25, -0.2) is 9.78 Å². The van der Waals surface area contributed by atoms with Gasteiger partial charge in [0, 0.05) is 148 Å². The van der Waals surface area contributed by atoms with Crippen molar-refractivity contribution in [1.82, 2.24) is 80.9 Å². The Labute approximate surface area is 704 Å². The molecule has 15 rings (SSSR count). The molecule has 0 aliphatic heterocycles. The topological polar surface area (TPSA) is 398 Å². The number of aromatic nitrogens is 12. The van der Waals surface area contributed by atoms with Crippen molar-refractivity contribution < 1.29 is 76.1 Å². The summed E-state index contributed by atoms with van der Waals surface area (Å²) in [7, 11) is 6.13. The quantitative estimate of drug-likeness (QED) is 0.0167. The van der Waals surface area contributed by atoms with Crippen LogP contribution < -0.4 is 48.5 Å². The number of hydrogen-bond acceptors (Lipinski definition) is 28. The van der Waals surface area contributed by atoms with E-state index in [9.17, 15) is 4.79 Å². The van der Waals surface area contributed by atoms with Crippen LogP contribution in [0.25, 0.3) is 124 Å². The number of H-pyrrole nitrogens is 3. The molecular formula is C90H102N16O16. The third-order valence-corrected chi connectivity index (χ3v) is 18.8. The summed E-state index contributed by atoms with van der Waals surface area (Å²) >= 11 is 0. The van der Waals surface area contributed by atoms with Crippen LogP contribution in [0.1, 0.15) is 82.6 Å². The van der Waals surface area contributed by atoms with Gasteiger partial charge in [0.1, 0.15) is 5.69 Å². The van der Waals surface area contributed by atoms with E-state index in [-0.39, 0.29) is 30.6 Å². The summed E-state index contributed by atoms with van der Waals surface area (Å²) in [5.41, 5.74) is 12.7. The normalized spacial score (nSPS) is 11.2. The molecular weight excluding hydrogens is 1560 g/mol. The summed E-state index contributed by atoms with van der Waals surface area (Å²) in [6.07, 6.45) is 7.40. The number of nitrogens with one attached hydrogen (secondary N) is 5. The molecule has 0 radical (unpaired) electrons. The second-order valence-corrected chi connectivity index (χ2v) is 27.6. The Morgan fingerprint density at radius 3 is 1.02 bits per heavy atom. The van der Waals surface area contributed by atoms with Crippen molar-refractivity contribution in [2.45, 2.75) is 75.0 Å². The molecule has 15 aromatic rings. The highest BCUT2D eigenvalue weighted by molar-refractivity contribution is 5.90. The minimum Gasteiger partial charge on any atom is -0.490 e. The Morgan fingerprint density at radius 2 is 0.697 bits per heavy atom. The fraction of sp³-hybridized carbons (Fsp3) is 0.311. The molecule has 7 aromatic carbocycles. The molecule has 0 fully saturated rings. The van der Waals surface area contributed by atoms with Crippen LogP contribution in [0.2, 0.25) is 0 Å². The first-order valence-electron chi connectivity index (χ1n) is 40.5. The molecule has 0 spiro atoms. The van der Waals surface area contributed by atoms with E-state index in [1.54, 1.807) is 24.3 Å². The first-order chi connectivity index (χ1) is 59.6. The lowest BCUT2D eigenvalue weighted by Crippen LogP contribution is -2.26. The third-order valence-electron chi connectivity index (χ3n) is 18.8. The van der Waals surface area contributed by atoms with Gasteiger partial charge >= 0.3 is 5.97 Å². The Hall–Kier alpha value is -13.5. The Balaban J connectivity index is 0.000000149. The average molecular weight is 1660 g/mol. The molecule has 32 nitrogen and oxygen atoms in total. The number of aliphatic hydroxyl groups excluding tert-OH is 2. The number of carboxylic acids is 1. The molecule has 122 heavy (non-hydrogen) atoms. The Morgan fingerprint density at radius 1 is 0.377 bits per heavy atom. The minimum absolute atomic E-state index is 0.0893. The number of nitrogens with zero attached hydrogens (tertiary/aromatic N) is 11. The SMILES string of the molecule is CCOc1ccc(-c2nc(-c3ccc4[nH]cc(CN(C)CCO)c4c3)no2)cc1OCC.CCOc1ccc(-c2nc(-c3ccc4[nH]cc(CNCCN(C)C)c4c3)no2)cc1OCC.CCOc1ccc(-c2nc(-c3ccc4[nH]cc(CNCCO)c4c3)no2)cc1OCC.CCOc1ccc(-c2nc(-c3ccnc(C(=O)O)c3)no2)cc1OCC. The van der Waals surface area contributed by atoms with Crippen LogP contribution in [0.15, 0.2) is 182 Å². The maximum absolute atomic E-state index is 11.0. The van der Waals surface area contributed by atoms with Gasteiger partial charge < -0.3 is 102 Å². The fourth-order valence-corrected chi connectivity index (χ4v) is 13.0. The van der Waals surface area contributed by atoms with E-state index in [4.69, 9.17) is 71.3 Å². The van der Waals surface area contributed by atoms with E-state index in [1.807, 2.05) is 178 Å². The number of aliphatic hydroxyl groups is 2. The number of fused-ring (bicyclic) bond motifs is 3. The minimum atomic E-state index is -1.12. The summed E-state index contributed by atoms with van der Waals surface area (Å²) in [5.74, 6) is 7.56. The lowest BCUT2D eigenvalue weighted by Gasteiger charge is -2.14. The van der Waals surface area contributed by atoms with Crippen molar-refractivity contribution in [3.8, 4) is 137 Å². The molecule has 0 bridgehead atoms. The summed E-state index contributed by atoms with van der Waals surface area (Å²) in [4.78, 5) is 47.1. The van der Waals surface area contributed by atoms with E-state index < -0.39 is 5.97 Å². The summed E-state index contributed by atoms with van der Waals surface area (Å²) in [6.45, 7) is 25.2. The standard InChI is InChI=1S/C25H31N5O3.C24H28N4O4.C23H26N4O4.C18H17N3O5/c1-5-31-22-10-8-18(14-23(22)32-6-2)25-28-24(29-33-25)17-7-9-21-20(13-17)19(16-27-21)15-26-11-12-30(3)4;1-4-30-21-9-7-17(13-22(21)31-5-2)24-26-23(27-32-24)16-6-8-20-19(12-16)18(14-25-20)15-28(3)10-11-29;1-3-29-20-8-6-16(12-21(20)30-4-2)23-26-22(27-31-23)15-5-7-19-18(11-15)17(14-25-19)13-24-9-10-28;1-3-24-14-6-5-12(10-15(14)25-4-2)17-20-16(21-26-17)11-7-8-19-13(9-11)18(22)23/h7-10,13-14,16,26-27H,5-6,11-12,15H2,1-4H3;6-9,12-14,25,29H,4-5,10-11,15H2,1-3H3;5-8,11-12,14,24-25,28H,3-4,9-10,13H2,1-2H3;5-10H,3-4H2,1-2H3,(H,22,23). The number of benzene rings is 7. The zero-order chi connectivity index (χ0) is 85.9. The number of aromatic carboxylic acids is 1. The molecule has 0 aliphatic rings. The van der Waals surface area contributed by atoms with Gasteiger partial charge in [-0.1, -0.05) is 20.6 Å². The number of rotatable bonds is 38. The molecule has 0 saturated heterocycles. The fourth-order valence-electron chi connectivity index (χ4n) is 13.0. The van der Waals surface area contributed by atoms with Crippen LogP contribution in [-0.2, 0) is 19.6 Å². The van der Waals surface area contributed by atoms with E-state index in [2.05, 4.69) is 107 Å². The highest BCUT2D eigenvalue weighted by Crippen LogP contribution is 2.39. The summed E-state index contributed by atoms with van der Waals surface area (Å²) < 4.78 is 67.1. The van der Waals surface area contributed by atoms with Crippen molar-refractivity contribution in [3.63, 3.8) is 0 Å². The molecule has 0 aliphatic carbocycles. The lowest BCUT2D eigenvalue weighted by atomic mass is 10.1. The molecule has 0 unspecified atom stereocenters. The van der Waals surface area contributed by atoms with Crippen LogP contribution in [-0.4, -0.2) is 205 Å². The van der Waals surface area contributed by atoms with E-state index in [0.717, 1.165) is 103 Å². The number of likely N-dealkylation sites (N-methyl/N-ethyl adjacent to an activating group) is 2. The molecule has 638 valence electrons. The van der Waals surface area contributed by atoms with Gasteiger partial charge in [0.2, 0.25) is 23.3 Å². The van der Waals surface area contributed by atoms with Gasteiger partial charge in [0.15, 0.2) is 46.0 Å². The molecule has 0 atom stereocenters. The third kappa shape index (κ3) is 22.5. The number of pyridine rings is 1. The van der Waals surface area contributed by atoms with Crippen LogP contribution in [0.3, 0.4) is 0 Å². The predicted octanol–water partition coefficient (Wildman–Crippen LogP) is 15.5. The highest BCUT2D eigenvalue weighted by Gasteiger charge is 2.22. The smallest absolute Gasteiger partial charge is 0.354 e. The number of hydrogen-bond donors (Lipinski definition) is 8. The van der Waals surface area contributed by atoms with E-state index >= 15 is 0 Å². The average Bonchev–Trinajstić information content (AvgIpc) is 1.65. The van der Waals surface area contributed by atoms with Gasteiger partial charge in [0.05, 0.1) is 66.1 Å². The van der Waals surface area contributed by atoms with Gasteiger partial charge in [-0.05, 0) is 233 Å². The number of carboxylic acid groups (broad SMARTS) is 1. The van der Waals surface area contributed by atoms with Crippen molar-refractivity contribution in [3.05, 3.63) is 187 Å². The largest absolute Gasteiger partial charge is 0.490 e.